The highest BCUT2D eigenvalue weighted by molar-refractivity contribution is 5.93. The summed E-state index contributed by atoms with van der Waals surface area (Å²) in [5.74, 6) is -4.49. The largest absolute Gasteiger partial charge is 0.545 e. The highest BCUT2D eigenvalue weighted by Gasteiger charge is 2.26. The van der Waals surface area contributed by atoms with E-state index in [4.69, 9.17) is 4.74 Å². The number of benzene rings is 1. The van der Waals surface area contributed by atoms with Gasteiger partial charge in [-0.05, 0) is 13.0 Å². The van der Waals surface area contributed by atoms with E-state index in [1.165, 1.54) is 4.57 Å². The molecule has 1 aliphatic heterocycles. The maximum absolute atomic E-state index is 13.7. The number of carbonyl (C=O) groups excluding carboxylic acids is 1. The predicted octanol–water partition coefficient (Wildman–Crippen LogP) is 0.597. The Morgan fingerprint density at radius 2 is 2.20 bits per heavy atom. The number of nitrogens with zero attached hydrogens (tertiary/aromatic N) is 1. The fraction of sp³-hybridized carbons (Fsp3) is 0.231. The minimum Gasteiger partial charge on any atom is -0.545 e. The minimum absolute atomic E-state index is 0.0395. The predicted molar refractivity (Wildman–Crippen MR) is 62.7 cm³/mol. The molecule has 2 heterocycles. The molecule has 1 atom stereocenters. The van der Waals surface area contributed by atoms with Gasteiger partial charge in [0.15, 0.2) is 17.0 Å². The summed E-state index contributed by atoms with van der Waals surface area (Å²) >= 11 is 0. The van der Waals surface area contributed by atoms with Gasteiger partial charge < -0.3 is 19.2 Å². The number of hydrogen-bond acceptors (Lipinski definition) is 4. The van der Waals surface area contributed by atoms with Crippen LogP contribution in [0.3, 0.4) is 0 Å². The molecule has 1 unspecified atom stereocenters. The molecule has 5 nitrogen and oxygen atoms in total. The Kier molecular flexibility index (Phi) is 2.53. The van der Waals surface area contributed by atoms with Crippen molar-refractivity contribution in [2.75, 3.05) is 6.61 Å². The Bertz CT molecular complexity index is 812. The first-order valence-corrected chi connectivity index (χ1v) is 5.82. The van der Waals surface area contributed by atoms with E-state index < -0.39 is 28.6 Å². The number of aromatic nitrogens is 1. The number of ether oxygens (including phenoxy) is 1. The summed E-state index contributed by atoms with van der Waals surface area (Å²) in [4.78, 5) is 23.0. The molecule has 0 saturated heterocycles. The van der Waals surface area contributed by atoms with Crippen molar-refractivity contribution in [3.63, 3.8) is 0 Å². The van der Waals surface area contributed by atoms with Crippen LogP contribution in [0.25, 0.3) is 10.9 Å². The molecular weight excluding hydrogens is 272 g/mol. The zero-order valence-corrected chi connectivity index (χ0v) is 10.3. The van der Waals surface area contributed by atoms with Gasteiger partial charge in [0.25, 0.3) is 0 Å². The van der Waals surface area contributed by atoms with Crippen LogP contribution in [0.4, 0.5) is 8.78 Å². The minimum atomic E-state index is -1.66. The van der Waals surface area contributed by atoms with Gasteiger partial charge in [-0.15, -0.1) is 0 Å². The summed E-state index contributed by atoms with van der Waals surface area (Å²) in [7, 11) is 0. The van der Waals surface area contributed by atoms with Crippen LogP contribution in [-0.4, -0.2) is 17.1 Å². The molecular formula is C13H8F2NO4-. The Morgan fingerprint density at radius 1 is 1.50 bits per heavy atom. The molecule has 0 spiro atoms. The number of pyridine rings is 1. The van der Waals surface area contributed by atoms with Crippen LogP contribution in [0.1, 0.15) is 23.3 Å². The first-order valence-electron chi connectivity index (χ1n) is 5.82. The third kappa shape index (κ3) is 1.52. The van der Waals surface area contributed by atoms with Gasteiger partial charge in [-0.25, -0.2) is 4.39 Å². The Hall–Kier alpha value is -2.44. The number of hydrogen-bond donors (Lipinski definition) is 0. The van der Waals surface area contributed by atoms with Crippen molar-refractivity contribution in [1.82, 2.24) is 4.57 Å². The van der Waals surface area contributed by atoms with E-state index in [0.29, 0.717) is 6.07 Å². The summed E-state index contributed by atoms with van der Waals surface area (Å²) in [6.45, 7) is 1.74. The molecule has 0 amide bonds. The van der Waals surface area contributed by atoms with Crippen molar-refractivity contribution in [3.8, 4) is 5.75 Å². The van der Waals surface area contributed by atoms with Crippen molar-refractivity contribution in [3.05, 3.63) is 39.7 Å². The van der Waals surface area contributed by atoms with Crippen molar-refractivity contribution in [2.45, 2.75) is 13.0 Å². The molecule has 1 aromatic carbocycles. The Labute approximate surface area is 111 Å². The number of carbonyl (C=O) groups is 1. The molecule has 0 saturated carbocycles. The van der Waals surface area contributed by atoms with Crippen LogP contribution < -0.4 is 15.3 Å². The monoisotopic (exact) mass is 280 g/mol. The highest BCUT2D eigenvalue weighted by atomic mass is 19.2. The van der Waals surface area contributed by atoms with Gasteiger partial charge in [0, 0.05) is 6.20 Å². The number of aromatic carboxylic acids is 1. The number of carboxylic acids is 1. The van der Waals surface area contributed by atoms with E-state index in [1.807, 2.05) is 0 Å². The SMILES string of the molecule is CC1COc2c(F)c(F)cc3c(=O)c(C(=O)[O-])cn1c23. The van der Waals surface area contributed by atoms with Crippen LogP contribution in [0.15, 0.2) is 17.1 Å². The molecule has 2 aromatic rings. The average molecular weight is 280 g/mol. The fourth-order valence-electron chi connectivity index (χ4n) is 2.34. The number of rotatable bonds is 1. The second-order valence-electron chi connectivity index (χ2n) is 4.62. The van der Waals surface area contributed by atoms with Crippen LogP contribution >= 0.6 is 0 Å². The molecule has 0 aliphatic carbocycles. The first-order chi connectivity index (χ1) is 9.41. The van der Waals surface area contributed by atoms with Crippen molar-refractivity contribution >= 4 is 16.9 Å². The van der Waals surface area contributed by atoms with Crippen LogP contribution in [0.5, 0.6) is 5.75 Å². The van der Waals surface area contributed by atoms with Gasteiger partial charge in [0.2, 0.25) is 5.82 Å². The maximum atomic E-state index is 13.7. The molecule has 1 aliphatic rings. The van der Waals surface area contributed by atoms with Crippen molar-refractivity contribution in [1.29, 1.82) is 0 Å². The standard InChI is InChI=1S/C13H9F2NO4/c1-5-4-20-12-9(15)8(14)2-6-10(12)16(5)3-7(11(6)17)13(18)19/h2-3,5H,4H2,1H3,(H,18,19)/p-1. The normalized spacial score (nSPS) is 17.1. The fourth-order valence-corrected chi connectivity index (χ4v) is 2.34. The Balaban J connectivity index is 2.57. The topological polar surface area (TPSA) is 71.4 Å². The third-order valence-electron chi connectivity index (χ3n) is 3.33. The summed E-state index contributed by atoms with van der Waals surface area (Å²) in [6, 6.07) is 0.356. The lowest BCUT2D eigenvalue weighted by Crippen LogP contribution is -2.32. The maximum Gasteiger partial charge on any atom is 0.202 e. The molecule has 3 rings (SSSR count). The molecule has 0 fully saturated rings. The second-order valence-corrected chi connectivity index (χ2v) is 4.62. The third-order valence-corrected chi connectivity index (χ3v) is 3.33. The zero-order valence-electron chi connectivity index (χ0n) is 10.3. The van der Waals surface area contributed by atoms with Crippen molar-refractivity contribution in [2.24, 2.45) is 0 Å². The number of halogens is 2. The van der Waals surface area contributed by atoms with E-state index >= 15 is 0 Å². The smallest absolute Gasteiger partial charge is 0.202 e. The average Bonchev–Trinajstić information content (AvgIpc) is 2.39. The van der Waals surface area contributed by atoms with Gasteiger partial charge in [-0.3, -0.25) is 4.79 Å². The van der Waals surface area contributed by atoms with Crippen LogP contribution in [-0.2, 0) is 0 Å². The second kappa shape index (κ2) is 4.03. The molecule has 20 heavy (non-hydrogen) atoms. The molecule has 7 heteroatoms. The lowest BCUT2D eigenvalue weighted by atomic mass is 10.1. The molecule has 0 radical (unpaired) electrons. The number of carboxylic acid groups (broad SMARTS) is 1. The zero-order chi connectivity index (χ0) is 14.6. The van der Waals surface area contributed by atoms with E-state index in [0.717, 1.165) is 6.20 Å². The first kappa shape index (κ1) is 12.6. The quantitative estimate of drug-likeness (QED) is 0.766. The van der Waals surface area contributed by atoms with Gasteiger partial charge in [0.05, 0.1) is 28.5 Å². The van der Waals surface area contributed by atoms with Crippen molar-refractivity contribution < 1.29 is 23.4 Å². The molecule has 0 bridgehead atoms. The lowest BCUT2D eigenvalue weighted by molar-refractivity contribution is -0.255. The summed E-state index contributed by atoms with van der Waals surface area (Å²) in [6.07, 6.45) is 1.08. The summed E-state index contributed by atoms with van der Waals surface area (Å²) < 4.78 is 33.7. The highest BCUT2D eigenvalue weighted by Crippen LogP contribution is 2.35. The molecule has 0 N–H and O–H groups in total. The van der Waals surface area contributed by atoms with Gasteiger partial charge in [0.1, 0.15) is 6.61 Å². The van der Waals surface area contributed by atoms with Gasteiger partial charge in [-0.1, -0.05) is 0 Å². The Morgan fingerprint density at radius 3 is 2.85 bits per heavy atom. The van der Waals surface area contributed by atoms with Gasteiger partial charge in [-0.2, -0.15) is 4.39 Å². The lowest BCUT2D eigenvalue weighted by Gasteiger charge is -2.27. The van der Waals surface area contributed by atoms with E-state index in [1.54, 1.807) is 6.92 Å². The summed E-state index contributed by atoms with van der Waals surface area (Å²) in [5.41, 5.74) is -1.46. The van der Waals surface area contributed by atoms with Crippen LogP contribution in [0, 0.1) is 11.6 Å². The van der Waals surface area contributed by atoms with Crippen LogP contribution in [0.2, 0.25) is 0 Å². The van der Waals surface area contributed by atoms with E-state index in [2.05, 4.69) is 0 Å². The van der Waals surface area contributed by atoms with Gasteiger partial charge >= 0.3 is 0 Å². The van der Waals surface area contributed by atoms with E-state index in [-0.39, 0.29) is 29.3 Å². The summed E-state index contributed by atoms with van der Waals surface area (Å²) in [5, 5.41) is 10.7. The van der Waals surface area contributed by atoms with E-state index in [9.17, 15) is 23.5 Å². The molecule has 104 valence electrons. The molecule has 1 aromatic heterocycles.